The minimum atomic E-state index is -0.485. The molecule has 8 nitrogen and oxygen atoms in total. The fourth-order valence-corrected chi connectivity index (χ4v) is 3.32. The maximum atomic E-state index is 12.1. The maximum Gasteiger partial charge on any atom is 0.311 e. The Morgan fingerprint density at radius 2 is 2.15 bits per heavy atom. The highest BCUT2D eigenvalue weighted by Gasteiger charge is 2.15. The van der Waals surface area contributed by atoms with Crippen LogP contribution in [0.2, 0.25) is 0 Å². The molecule has 0 saturated carbocycles. The topological polar surface area (TPSA) is 108 Å². The second-order valence-corrected chi connectivity index (χ2v) is 6.71. The number of thioether (sulfide) groups is 1. The number of nitro groups is 1. The second kappa shape index (κ2) is 8.09. The molecule has 1 amide bonds. The van der Waals surface area contributed by atoms with Crippen LogP contribution in [0.1, 0.15) is 11.5 Å². The van der Waals surface area contributed by atoms with Gasteiger partial charge in [-0.25, -0.2) is 4.98 Å². The molecule has 0 aliphatic heterocycles. The average Bonchev–Trinajstić information content (AvgIpc) is 3.00. The van der Waals surface area contributed by atoms with Crippen molar-refractivity contribution in [3.05, 3.63) is 58.0 Å². The Morgan fingerprint density at radius 1 is 1.33 bits per heavy atom. The molecule has 0 aliphatic rings. The van der Waals surface area contributed by atoms with Gasteiger partial charge in [0.05, 0.1) is 17.8 Å². The third-order valence-corrected chi connectivity index (χ3v) is 4.72. The first-order chi connectivity index (χ1) is 13.0. The van der Waals surface area contributed by atoms with Crippen LogP contribution < -0.4 is 10.1 Å². The van der Waals surface area contributed by atoms with E-state index < -0.39 is 4.92 Å². The van der Waals surface area contributed by atoms with Gasteiger partial charge in [0.2, 0.25) is 5.91 Å². The number of fused-ring (bicyclic) bond motifs is 1. The molecule has 140 valence electrons. The number of rotatable bonds is 7. The van der Waals surface area contributed by atoms with Gasteiger partial charge in [-0.3, -0.25) is 14.9 Å². The maximum absolute atomic E-state index is 12.1. The zero-order valence-electron chi connectivity index (χ0n) is 14.7. The zero-order chi connectivity index (χ0) is 19.4. The Morgan fingerprint density at radius 3 is 2.89 bits per heavy atom. The van der Waals surface area contributed by atoms with E-state index >= 15 is 0 Å². The van der Waals surface area contributed by atoms with Gasteiger partial charge in [-0.15, -0.1) is 11.8 Å². The number of carbonyl (C=O) groups is 1. The van der Waals surface area contributed by atoms with Gasteiger partial charge < -0.3 is 14.5 Å². The van der Waals surface area contributed by atoms with Crippen molar-refractivity contribution in [3.63, 3.8) is 0 Å². The van der Waals surface area contributed by atoms with E-state index in [0.29, 0.717) is 22.9 Å². The largest absolute Gasteiger partial charge is 0.490 e. The van der Waals surface area contributed by atoms with Gasteiger partial charge in [0.1, 0.15) is 5.52 Å². The number of hydrogen-bond donors (Lipinski definition) is 1. The number of aryl methyl sites for hydroxylation is 1. The average molecular weight is 387 g/mol. The smallest absolute Gasteiger partial charge is 0.311 e. The second-order valence-electron chi connectivity index (χ2n) is 5.72. The molecule has 1 N–H and O–H groups in total. The molecule has 27 heavy (non-hydrogen) atoms. The Labute approximate surface area is 159 Å². The molecule has 0 fully saturated rings. The van der Waals surface area contributed by atoms with Crippen LogP contribution >= 0.6 is 11.8 Å². The summed E-state index contributed by atoms with van der Waals surface area (Å²) in [6.07, 6.45) is 0. The summed E-state index contributed by atoms with van der Waals surface area (Å²) >= 11 is 1.36. The molecule has 9 heteroatoms. The molecule has 1 heterocycles. The summed E-state index contributed by atoms with van der Waals surface area (Å²) < 4.78 is 10.4. The third-order valence-electron chi connectivity index (χ3n) is 3.72. The molecule has 0 aliphatic carbocycles. The minimum absolute atomic E-state index is 0.0873. The van der Waals surface area contributed by atoms with Gasteiger partial charge in [0.15, 0.2) is 17.2 Å². The van der Waals surface area contributed by atoms with Crippen LogP contribution in [0.5, 0.6) is 5.75 Å². The van der Waals surface area contributed by atoms with Gasteiger partial charge in [-0.05, 0) is 23.8 Å². The SMILES string of the molecule is COc1ccc(CSCC(=O)Nc2ccc3nc(C)oc3c2)cc1[N+](=O)[O-]. The number of nitrogens with zero attached hydrogens (tertiary/aromatic N) is 2. The number of methoxy groups -OCH3 is 1. The Bertz CT molecular complexity index is 1000. The highest BCUT2D eigenvalue weighted by molar-refractivity contribution is 7.99. The number of anilines is 1. The van der Waals surface area contributed by atoms with E-state index in [4.69, 9.17) is 9.15 Å². The van der Waals surface area contributed by atoms with Crippen molar-refractivity contribution >= 4 is 40.1 Å². The Hall–Kier alpha value is -3.07. The molecule has 3 aromatic rings. The summed E-state index contributed by atoms with van der Waals surface area (Å²) in [7, 11) is 1.39. The van der Waals surface area contributed by atoms with Crippen LogP contribution in [0.15, 0.2) is 40.8 Å². The van der Waals surface area contributed by atoms with E-state index in [0.717, 1.165) is 11.1 Å². The lowest BCUT2D eigenvalue weighted by molar-refractivity contribution is -0.385. The molecule has 3 rings (SSSR count). The Kier molecular flexibility index (Phi) is 5.60. The Balaban J connectivity index is 1.56. The van der Waals surface area contributed by atoms with Crippen molar-refractivity contribution in [2.45, 2.75) is 12.7 Å². The lowest BCUT2D eigenvalue weighted by Gasteiger charge is -2.06. The normalized spacial score (nSPS) is 10.7. The number of amides is 1. The summed E-state index contributed by atoms with van der Waals surface area (Å²) in [5.74, 6) is 1.30. The summed E-state index contributed by atoms with van der Waals surface area (Å²) in [5.41, 5.74) is 2.64. The fourth-order valence-electron chi connectivity index (χ4n) is 2.54. The van der Waals surface area contributed by atoms with E-state index in [2.05, 4.69) is 10.3 Å². The van der Waals surface area contributed by atoms with E-state index in [-0.39, 0.29) is 23.1 Å². The summed E-state index contributed by atoms with van der Waals surface area (Å²) in [6.45, 7) is 1.76. The van der Waals surface area contributed by atoms with Crippen LogP contribution in [0.4, 0.5) is 11.4 Å². The molecule has 0 atom stereocenters. The van der Waals surface area contributed by atoms with Crippen LogP contribution in [-0.2, 0) is 10.5 Å². The standard InChI is InChI=1S/C18H17N3O5S/c1-11-19-14-5-4-13(8-17(14)26-11)20-18(22)10-27-9-12-3-6-16(25-2)15(7-12)21(23)24/h3-8H,9-10H2,1-2H3,(H,20,22). The molecule has 0 spiro atoms. The van der Waals surface area contributed by atoms with Crippen LogP contribution in [0.25, 0.3) is 11.1 Å². The molecule has 0 saturated heterocycles. The molecular weight excluding hydrogens is 370 g/mol. The number of nitrogens with one attached hydrogen (secondary N) is 1. The van der Waals surface area contributed by atoms with Gasteiger partial charge in [0, 0.05) is 30.5 Å². The molecule has 1 aromatic heterocycles. The first-order valence-electron chi connectivity index (χ1n) is 8.02. The van der Waals surface area contributed by atoms with E-state index in [1.807, 2.05) is 0 Å². The lowest BCUT2D eigenvalue weighted by Crippen LogP contribution is -2.14. The number of carbonyl (C=O) groups excluding carboxylic acids is 1. The molecule has 2 aromatic carbocycles. The molecule has 0 bridgehead atoms. The van der Waals surface area contributed by atoms with Crippen molar-refractivity contribution < 1.29 is 18.9 Å². The van der Waals surface area contributed by atoms with Crippen molar-refractivity contribution in [2.75, 3.05) is 18.2 Å². The van der Waals surface area contributed by atoms with Gasteiger partial charge in [-0.2, -0.15) is 0 Å². The molecular formula is C18H17N3O5S. The van der Waals surface area contributed by atoms with Crippen LogP contribution in [0.3, 0.4) is 0 Å². The van der Waals surface area contributed by atoms with Gasteiger partial charge >= 0.3 is 5.69 Å². The first-order valence-corrected chi connectivity index (χ1v) is 9.18. The highest BCUT2D eigenvalue weighted by atomic mass is 32.2. The van der Waals surface area contributed by atoms with Crippen LogP contribution in [-0.4, -0.2) is 28.7 Å². The van der Waals surface area contributed by atoms with E-state index in [1.165, 1.54) is 24.9 Å². The number of oxazole rings is 1. The van der Waals surface area contributed by atoms with E-state index in [9.17, 15) is 14.9 Å². The van der Waals surface area contributed by atoms with Crippen molar-refractivity contribution in [2.24, 2.45) is 0 Å². The first kappa shape index (κ1) is 18.7. The van der Waals surface area contributed by atoms with Gasteiger partial charge in [0.25, 0.3) is 0 Å². The summed E-state index contributed by atoms with van der Waals surface area (Å²) in [4.78, 5) is 26.9. The van der Waals surface area contributed by atoms with Crippen molar-refractivity contribution in [1.29, 1.82) is 0 Å². The third kappa shape index (κ3) is 4.56. The number of benzene rings is 2. The lowest BCUT2D eigenvalue weighted by atomic mass is 10.2. The number of aromatic nitrogens is 1. The predicted octanol–water partition coefficient (Wildman–Crippen LogP) is 3.92. The number of ether oxygens (including phenoxy) is 1. The number of nitro benzene ring substituents is 1. The predicted molar refractivity (Wildman–Crippen MR) is 103 cm³/mol. The van der Waals surface area contributed by atoms with E-state index in [1.54, 1.807) is 37.3 Å². The highest BCUT2D eigenvalue weighted by Crippen LogP contribution is 2.29. The quantitative estimate of drug-likeness (QED) is 0.483. The summed E-state index contributed by atoms with van der Waals surface area (Å²) in [6, 6.07) is 10.0. The summed E-state index contributed by atoms with van der Waals surface area (Å²) in [5, 5.41) is 13.9. The van der Waals surface area contributed by atoms with Crippen LogP contribution in [0, 0.1) is 17.0 Å². The van der Waals surface area contributed by atoms with Gasteiger partial charge in [-0.1, -0.05) is 6.07 Å². The number of hydrogen-bond acceptors (Lipinski definition) is 7. The fraction of sp³-hybridized carbons (Fsp3) is 0.222. The monoisotopic (exact) mass is 387 g/mol. The van der Waals surface area contributed by atoms with Crippen molar-refractivity contribution in [1.82, 2.24) is 4.98 Å². The molecule has 0 unspecified atom stereocenters. The minimum Gasteiger partial charge on any atom is -0.490 e. The zero-order valence-corrected chi connectivity index (χ0v) is 15.5. The molecule has 0 radical (unpaired) electrons. The van der Waals surface area contributed by atoms with Crippen molar-refractivity contribution in [3.8, 4) is 5.75 Å².